The van der Waals surface area contributed by atoms with E-state index in [-0.39, 0.29) is 0 Å². The normalized spacial score (nSPS) is 8.27. The first-order valence-electron chi connectivity index (χ1n) is 2.89. The maximum absolute atomic E-state index is 10.7. The maximum atomic E-state index is 10.7. The summed E-state index contributed by atoms with van der Waals surface area (Å²) in [6.07, 6.45) is -0.708. The zero-order chi connectivity index (χ0) is 8.85. The van der Waals surface area contributed by atoms with Crippen LogP contribution < -0.4 is 10.9 Å². The molecule has 0 bridgehead atoms. The quantitative estimate of drug-likeness (QED) is 0.472. The lowest BCUT2D eigenvalue weighted by Gasteiger charge is -2.11. The number of hydrazine groups is 1. The topological polar surface area (TPSA) is 70.7 Å². The molecule has 11 heavy (non-hydrogen) atoms. The number of carbonyl (C=O) groups is 2. The van der Waals surface area contributed by atoms with E-state index >= 15 is 0 Å². The lowest BCUT2D eigenvalue weighted by Crippen LogP contribution is -2.46. The highest BCUT2D eigenvalue weighted by Crippen LogP contribution is 1.74. The summed E-state index contributed by atoms with van der Waals surface area (Å²) in [5, 5.41) is 0. The highest BCUT2D eigenvalue weighted by molar-refractivity contribution is 5.77. The first-order valence-corrected chi connectivity index (χ1v) is 2.89. The van der Waals surface area contributed by atoms with Crippen molar-refractivity contribution >= 4 is 12.1 Å². The molecule has 0 radical (unpaired) electrons. The molecule has 2 N–H and O–H groups in total. The van der Waals surface area contributed by atoms with Crippen molar-refractivity contribution in [3.05, 3.63) is 0 Å². The highest BCUT2D eigenvalue weighted by atomic mass is 16.5. The van der Waals surface area contributed by atoms with Crippen molar-refractivity contribution in [1.29, 1.82) is 0 Å². The first kappa shape index (κ1) is 9.54. The second-order valence-corrected chi connectivity index (χ2v) is 1.94. The van der Waals surface area contributed by atoms with Crippen LogP contribution in [0.1, 0.15) is 0 Å². The zero-order valence-corrected chi connectivity index (χ0v) is 6.67. The van der Waals surface area contributed by atoms with Gasteiger partial charge >= 0.3 is 12.1 Å². The van der Waals surface area contributed by atoms with E-state index in [1.54, 1.807) is 14.1 Å². The minimum Gasteiger partial charge on any atom is -0.452 e. The van der Waals surface area contributed by atoms with Gasteiger partial charge in [0.15, 0.2) is 0 Å². The Morgan fingerprint density at radius 1 is 1.27 bits per heavy atom. The van der Waals surface area contributed by atoms with Crippen LogP contribution in [-0.4, -0.2) is 38.2 Å². The number of carbonyl (C=O) groups excluding carboxylic acids is 2. The van der Waals surface area contributed by atoms with Crippen molar-refractivity contribution < 1.29 is 14.3 Å². The average molecular weight is 161 g/mol. The fraction of sp³-hybridized carbons (Fsp3) is 0.600. The number of nitrogens with one attached hydrogen (secondary N) is 2. The fourth-order valence-electron chi connectivity index (χ4n) is 0.267. The van der Waals surface area contributed by atoms with Gasteiger partial charge in [-0.05, 0) is 0 Å². The van der Waals surface area contributed by atoms with E-state index in [0.29, 0.717) is 0 Å². The number of urea groups is 1. The highest BCUT2D eigenvalue weighted by Gasteiger charge is 2.03. The van der Waals surface area contributed by atoms with Gasteiger partial charge in [0.2, 0.25) is 0 Å². The molecule has 0 aliphatic carbocycles. The molecule has 6 heteroatoms. The third-order valence-corrected chi connectivity index (χ3v) is 0.863. The van der Waals surface area contributed by atoms with Gasteiger partial charge < -0.3 is 9.64 Å². The van der Waals surface area contributed by atoms with E-state index in [1.165, 1.54) is 12.0 Å². The van der Waals surface area contributed by atoms with Gasteiger partial charge in [-0.15, -0.1) is 0 Å². The van der Waals surface area contributed by atoms with Gasteiger partial charge in [-0.2, -0.15) is 0 Å². The summed E-state index contributed by atoms with van der Waals surface area (Å²) < 4.78 is 4.20. The van der Waals surface area contributed by atoms with E-state index in [9.17, 15) is 9.59 Å². The van der Waals surface area contributed by atoms with Gasteiger partial charge in [-0.3, -0.25) is 0 Å². The van der Waals surface area contributed by atoms with E-state index < -0.39 is 12.1 Å². The van der Waals surface area contributed by atoms with Crippen molar-refractivity contribution in [2.45, 2.75) is 0 Å². The lowest BCUT2D eigenvalue weighted by molar-refractivity contribution is 0.162. The molecular formula is C5H11N3O3. The van der Waals surface area contributed by atoms with Crippen LogP contribution >= 0.6 is 0 Å². The molecule has 0 unspecified atom stereocenters. The molecule has 0 aromatic carbocycles. The number of amides is 3. The minimum atomic E-state index is -0.708. The van der Waals surface area contributed by atoms with Gasteiger partial charge in [-0.1, -0.05) is 0 Å². The second kappa shape index (κ2) is 4.37. The zero-order valence-electron chi connectivity index (χ0n) is 6.67. The molecule has 0 aliphatic rings. The number of hydrogen-bond acceptors (Lipinski definition) is 3. The SMILES string of the molecule is COC(=O)NNC(=O)N(C)C. The summed E-state index contributed by atoms with van der Waals surface area (Å²) in [4.78, 5) is 22.4. The second-order valence-electron chi connectivity index (χ2n) is 1.94. The third-order valence-electron chi connectivity index (χ3n) is 0.863. The van der Waals surface area contributed by atoms with Gasteiger partial charge in [-0.25, -0.2) is 20.4 Å². The predicted octanol–water partition coefficient (Wildman–Crippen LogP) is -0.471. The monoisotopic (exact) mass is 161 g/mol. The van der Waals surface area contributed by atoms with Crippen molar-refractivity contribution in [1.82, 2.24) is 15.8 Å². The standard InChI is InChI=1S/C5H11N3O3/c1-8(2)4(9)6-7-5(10)11-3/h1-3H3,(H,6,9)(H,7,10). The van der Waals surface area contributed by atoms with Crippen molar-refractivity contribution in [3.8, 4) is 0 Å². The Bertz CT molecular complexity index is 157. The largest absolute Gasteiger partial charge is 0.452 e. The molecule has 0 atom stereocenters. The number of hydrogen-bond donors (Lipinski definition) is 2. The Morgan fingerprint density at radius 3 is 2.18 bits per heavy atom. The molecule has 6 nitrogen and oxygen atoms in total. The van der Waals surface area contributed by atoms with Crippen molar-refractivity contribution in [2.24, 2.45) is 0 Å². The lowest BCUT2D eigenvalue weighted by atomic mass is 10.8. The molecule has 0 rings (SSSR count). The van der Waals surface area contributed by atoms with Gasteiger partial charge in [0.05, 0.1) is 7.11 Å². The Labute approximate surface area is 64.5 Å². The van der Waals surface area contributed by atoms with Crippen molar-refractivity contribution in [2.75, 3.05) is 21.2 Å². The van der Waals surface area contributed by atoms with Crippen LogP contribution in [0, 0.1) is 0 Å². The average Bonchev–Trinajstić information content (AvgIpc) is 1.99. The van der Waals surface area contributed by atoms with Crippen LogP contribution in [-0.2, 0) is 4.74 Å². The Morgan fingerprint density at radius 2 is 1.82 bits per heavy atom. The molecule has 64 valence electrons. The Kier molecular flexibility index (Phi) is 3.79. The van der Waals surface area contributed by atoms with E-state index in [4.69, 9.17) is 0 Å². The van der Waals surface area contributed by atoms with Gasteiger partial charge in [0, 0.05) is 14.1 Å². The van der Waals surface area contributed by atoms with Gasteiger partial charge in [0.25, 0.3) is 0 Å². The van der Waals surface area contributed by atoms with Crippen LogP contribution in [0.3, 0.4) is 0 Å². The van der Waals surface area contributed by atoms with Crippen molar-refractivity contribution in [3.63, 3.8) is 0 Å². The summed E-state index contributed by atoms with van der Waals surface area (Å²) in [5.74, 6) is 0. The molecule has 3 amide bonds. The Balaban J connectivity index is 3.54. The van der Waals surface area contributed by atoms with Crippen LogP contribution in [0.15, 0.2) is 0 Å². The number of nitrogens with zero attached hydrogens (tertiary/aromatic N) is 1. The fourth-order valence-corrected chi connectivity index (χ4v) is 0.267. The minimum absolute atomic E-state index is 0.421. The van der Waals surface area contributed by atoms with E-state index in [1.807, 2.05) is 5.43 Å². The van der Waals surface area contributed by atoms with Crippen LogP contribution in [0.5, 0.6) is 0 Å². The molecule has 0 saturated heterocycles. The molecule has 0 saturated carbocycles. The molecule has 0 aromatic heterocycles. The van der Waals surface area contributed by atoms with Crippen LogP contribution in [0.25, 0.3) is 0 Å². The summed E-state index contributed by atoms with van der Waals surface area (Å²) >= 11 is 0. The van der Waals surface area contributed by atoms with E-state index in [2.05, 4.69) is 10.2 Å². The number of ether oxygens (including phenoxy) is 1. The van der Waals surface area contributed by atoms with Crippen LogP contribution in [0.2, 0.25) is 0 Å². The smallest absolute Gasteiger partial charge is 0.425 e. The summed E-state index contributed by atoms with van der Waals surface area (Å²) in [7, 11) is 4.31. The molecule has 0 aromatic rings. The van der Waals surface area contributed by atoms with E-state index in [0.717, 1.165) is 0 Å². The first-order chi connectivity index (χ1) is 5.07. The maximum Gasteiger partial charge on any atom is 0.425 e. The van der Waals surface area contributed by atoms with Crippen LogP contribution in [0.4, 0.5) is 9.59 Å². The predicted molar refractivity (Wildman–Crippen MR) is 37.8 cm³/mol. The molecule has 0 fully saturated rings. The summed E-state index contributed by atoms with van der Waals surface area (Å²) in [6.45, 7) is 0. The molecular weight excluding hydrogens is 150 g/mol. The summed E-state index contributed by atoms with van der Waals surface area (Å²) in [5.41, 5.74) is 4.11. The molecule has 0 spiro atoms. The number of rotatable bonds is 0. The Hall–Kier alpha value is -1.46. The summed E-state index contributed by atoms with van der Waals surface area (Å²) in [6, 6.07) is -0.421. The third kappa shape index (κ3) is 4.01. The van der Waals surface area contributed by atoms with Gasteiger partial charge in [0.1, 0.15) is 0 Å². The number of methoxy groups -OCH3 is 1. The molecule has 0 heterocycles. The molecule has 0 aliphatic heterocycles.